The smallest absolute Gasteiger partial charge is 0.384 e. The largest absolute Gasteiger partial charge is 0.417 e. The molecule has 1 unspecified atom stereocenters. The molecule has 0 aromatic heterocycles. The van der Waals surface area contributed by atoms with Gasteiger partial charge < -0.3 is 9.64 Å². The zero-order valence-electron chi connectivity index (χ0n) is 18.5. The van der Waals surface area contributed by atoms with Crippen LogP contribution in [0.1, 0.15) is 43.7 Å². The highest BCUT2D eigenvalue weighted by atomic mass is 32.2. The van der Waals surface area contributed by atoms with E-state index < -0.39 is 27.3 Å². The van der Waals surface area contributed by atoms with Crippen LogP contribution < -0.4 is 4.90 Å². The maximum absolute atomic E-state index is 13.4. The maximum atomic E-state index is 13.4. The van der Waals surface area contributed by atoms with Crippen molar-refractivity contribution in [2.24, 2.45) is 11.3 Å². The van der Waals surface area contributed by atoms with Crippen LogP contribution in [0.4, 0.5) is 18.9 Å². The fourth-order valence-electron chi connectivity index (χ4n) is 4.95. The maximum Gasteiger partial charge on any atom is 0.417 e. The standard InChI is InChI=1S/C22H30F3N3O3S/c1-3-4-11-32(29,30)28-9-7-21(8-10-28)16-27(14-18(21)15-31-2)19-6-5-17(13-26)20(12-19)22(23,24)25/h5-6,12,18H,3-4,7-11,14-16H2,1-2H3. The lowest BCUT2D eigenvalue weighted by Crippen LogP contribution is -2.47. The van der Waals surface area contributed by atoms with Crippen molar-refractivity contribution in [1.82, 2.24) is 4.31 Å². The average Bonchev–Trinajstić information content (AvgIpc) is 3.09. The van der Waals surface area contributed by atoms with Crippen molar-refractivity contribution in [2.75, 3.05) is 50.5 Å². The van der Waals surface area contributed by atoms with E-state index in [4.69, 9.17) is 10.00 Å². The first-order valence-corrected chi connectivity index (χ1v) is 12.5. The lowest BCUT2D eigenvalue weighted by molar-refractivity contribution is -0.137. The number of hydrogen-bond donors (Lipinski definition) is 0. The normalized spacial score (nSPS) is 21.8. The number of nitriles is 1. The predicted octanol–water partition coefficient (Wildman–Crippen LogP) is 3.87. The zero-order chi connectivity index (χ0) is 23.6. The second-order valence-corrected chi connectivity index (χ2v) is 10.9. The highest BCUT2D eigenvalue weighted by molar-refractivity contribution is 7.89. The molecular formula is C22H30F3N3O3S. The predicted molar refractivity (Wildman–Crippen MR) is 116 cm³/mol. The van der Waals surface area contributed by atoms with Gasteiger partial charge in [-0.15, -0.1) is 0 Å². The molecule has 0 bridgehead atoms. The number of hydrogen-bond acceptors (Lipinski definition) is 5. The summed E-state index contributed by atoms with van der Waals surface area (Å²) in [5.41, 5.74) is -1.13. The Balaban J connectivity index is 1.81. The number of piperidine rings is 1. The molecule has 0 radical (unpaired) electrons. The Hall–Kier alpha value is -1.83. The number of rotatable bonds is 7. The van der Waals surface area contributed by atoms with Crippen LogP contribution in [0, 0.1) is 22.7 Å². The second kappa shape index (κ2) is 9.57. The summed E-state index contributed by atoms with van der Waals surface area (Å²) in [6.07, 6.45) is -1.88. The summed E-state index contributed by atoms with van der Waals surface area (Å²) >= 11 is 0. The van der Waals surface area contributed by atoms with Gasteiger partial charge in [0, 0.05) is 44.9 Å². The van der Waals surface area contributed by atoms with E-state index in [9.17, 15) is 21.6 Å². The molecule has 32 heavy (non-hydrogen) atoms. The molecule has 0 saturated carbocycles. The molecule has 3 rings (SSSR count). The number of nitrogens with zero attached hydrogens (tertiary/aromatic N) is 3. The summed E-state index contributed by atoms with van der Waals surface area (Å²) in [5, 5.41) is 9.06. The zero-order valence-corrected chi connectivity index (χ0v) is 19.3. The first-order valence-electron chi connectivity index (χ1n) is 10.9. The molecule has 0 N–H and O–H groups in total. The quantitative estimate of drug-likeness (QED) is 0.601. The van der Waals surface area contributed by atoms with Gasteiger partial charge in [-0.1, -0.05) is 13.3 Å². The van der Waals surface area contributed by atoms with Gasteiger partial charge >= 0.3 is 6.18 Å². The van der Waals surface area contributed by atoms with Crippen LogP contribution in [0.25, 0.3) is 0 Å². The van der Waals surface area contributed by atoms with Crippen LogP contribution in [0.5, 0.6) is 0 Å². The van der Waals surface area contributed by atoms with Gasteiger partial charge in [-0.05, 0) is 42.9 Å². The number of sulfonamides is 1. The van der Waals surface area contributed by atoms with E-state index in [1.807, 2.05) is 11.8 Å². The number of unbranched alkanes of at least 4 members (excludes halogenated alkanes) is 1. The number of ether oxygens (including phenoxy) is 1. The van der Waals surface area contributed by atoms with Crippen LogP contribution in [0.15, 0.2) is 18.2 Å². The van der Waals surface area contributed by atoms with Crippen molar-refractivity contribution in [3.63, 3.8) is 0 Å². The molecule has 1 spiro atoms. The minimum Gasteiger partial charge on any atom is -0.384 e. The summed E-state index contributed by atoms with van der Waals surface area (Å²) in [6.45, 7) is 4.31. The van der Waals surface area contributed by atoms with Gasteiger partial charge in [0.05, 0.1) is 29.6 Å². The Kier molecular flexibility index (Phi) is 7.42. The van der Waals surface area contributed by atoms with E-state index >= 15 is 0 Å². The first-order chi connectivity index (χ1) is 15.1. The molecule has 10 heteroatoms. The van der Waals surface area contributed by atoms with E-state index in [1.165, 1.54) is 6.07 Å². The second-order valence-electron chi connectivity index (χ2n) is 8.80. The first kappa shape index (κ1) is 24.8. The van der Waals surface area contributed by atoms with Crippen molar-refractivity contribution in [1.29, 1.82) is 5.26 Å². The number of anilines is 1. The Bertz CT molecular complexity index is 951. The van der Waals surface area contributed by atoms with Crippen molar-refractivity contribution >= 4 is 15.7 Å². The third kappa shape index (κ3) is 5.05. The fraction of sp³-hybridized carbons (Fsp3) is 0.682. The summed E-state index contributed by atoms with van der Waals surface area (Å²) in [7, 11) is -1.68. The van der Waals surface area contributed by atoms with Crippen molar-refractivity contribution in [2.45, 2.75) is 38.8 Å². The third-order valence-electron chi connectivity index (χ3n) is 6.84. The van der Waals surface area contributed by atoms with Gasteiger partial charge in [0.15, 0.2) is 0 Å². The van der Waals surface area contributed by atoms with Gasteiger partial charge in [0.2, 0.25) is 10.0 Å². The van der Waals surface area contributed by atoms with Crippen molar-refractivity contribution < 1.29 is 26.3 Å². The molecule has 0 aliphatic carbocycles. The van der Waals surface area contributed by atoms with Crippen LogP contribution in [-0.4, -0.2) is 58.4 Å². The van der Waals surface area contributed by atoms with Gasteiger partial charge in [-0.2, -0.15) is 18.4 Å². The summed E-state index contributed by atoms with van der Waals surface area (Å²) in [5.74, 6) is 0.230. The Morgan fingerprint density at radius 1 is 1.28 bits per heavy atom. The topological polar surface area (TPSA) is 73.6 Å². The van der Waals surface area contributed by atoms with Gasteiger partial charge in [0.1, 0.15) is 0 Å². The van der Waals surface area contributed by atoms with E-state index in [1.54, 1.807) is 23.6 Å². The third-order valence-corrected chi connectivity index (χ3v) is 8.80. The van der Waals surface area contributed by atoms with Crippen molar-refractivity contribution in [3.8, 4) is 6.07 Å². The molecule has 6 nitrogen and oxygen atoms in total. The highest BCUT2D eigenvalue weighted by Crippen LogP contribution is 2.47. The van der Waals surface area contributed by atoms with Gasteiger partial charge in [-0.3, -0.25) is 0 Å². The number of alkyl halides is 3. The number of methoxy groups -OCH3 is 1. The van der Waals surface area contributed by atoms with E-state index in [-0.39, 0.29) is 17.1 Å². The molecule has 1 aromatic carbocycles. The molecule has 2 aliphatic rings. The Morgan fingerprint density at radius 2 is 1.97 bits per heavy atom. The Labute approximate surface area is 188 Å². The van der Waals surface area contributed by atoms with Crippen LogP contribution in [-0.2, 0) is 20.9 Å². The SMILES string of the molecule is CCCCS(=O)(=O)N1CCC2(CC1)CN(c1ccc(C#N)c(C(F)(F)F)c1)CC2COC. The van der Waals surface area contributed by atoms with Gasteiger partial charge in [0.25, 0.3) is 0 Å². The monoisotopic (exact) mass is 473 g/mol. The van der Waals surface area contributed by atoms with Crippen LogP contribution in [0.3, 0.4) is 0 Å². The lowest BCUT2D eigenvalue weighted by atomic mass is 9.71. The fourth-order valence-corrected chi connectivity index (χ4v) is 6.60. The highest BCUT2D eigenvalue weighted by Gasteiger charge is 2.49. The summed E-state index contributed by atoms with van der Waals surface area (Å²) in [4.78, 5) is 1.92. The molecule has 178 valence electrons. The van der Waals surface area contributed by atoms with E-state index in [0.29, 0.717) is 57.7 Å². The Morgan fingerprint density at radius 3 is 2.53 bits per heavy atom. The van der Waals surface area contributed by atoms with Gasteiger partial charge in [-0.25, -0.2) is 12.7 Å². The van der Waals surface area contributed by atoms with E-state index in [0.717, 1.165) is 12.5 Å². The molecule has 2 fully saturated rings. The molecule has 2 aliphatic heterocycles. The lowest BCUT2D eigenvalue weighted by Gasteiger charge is -2.42. The van der Waals surface area contributed by atoms with Crippen LogP contribution in [0.2, 0.25) is 0 Å². The van der Waals surface area contributed by atoms with Crippen LogP contribution >= 0.6 is 0 Å². The summed E-state index contributed by atoms with van der Waals surface area (Å²) < 4.78 is 72.5. The molecule has 2 saturated heterocycles. The minimum absolute atomic E-state index is 0.0815. The van der Waals surface area contributed by atoms with Crippen molar-refractivity contribution in [3.05, 3.63) is 29.3 Å². The molecule has 1 atom stereocenters. The number of benzene rings is 1. The minimum atomic E-state index is -4.61. The molecular weight excluding hydrogens is 443 g/mol. The van der Waals surface area contributed by atoms with E-state index in [2.05, 4.69) is 0 Å². The average molecular weight is 474 g/mol. The summed E-state index contributed by atoms with van der Waals surface area (Å²) in [6, 6.07) is 5.44. The number of halogens is 3. The molecule has 2 heterocycles. The molecule has 1 aromatic rings. The molecule has 0 amide bonds.